The first-order valence-corrected chi connectivity index (χ1v) is 7.46. The maximum absolute atomic E-state index is 14.2. The fourth-order valence-corrected chi connectivity index (χ4v) is 3.20. The summed E-state index contributed by atoms with van der Waals surface area (Å²) in [5.41, 5.74) is 1.99. The van der Waals surface area contributed by atoms with Gasteiger partial charge in [0.25, 0.3) is 0 Å². The van der Waals surface area contributed by atoms with Gasteiger partial charge in [-0.3, -0.25) is 4.79 Å². The molecule has 1 aromatic rings. The van der Waals surface area contributed by atoms with E-state index in [-0.39, 0.29) is 17.8 Å². The highest BCUT2D eigenvalue weighted by Gasteiger charge is 2.28. The Balaban J connectivity index is 1.87. The molecule has 0 aliphatic carbocycles. The van der Waals surface area contributed by atoms with Crippen molar-refractivity contribution in [2.45, 2.75) is 43.6 Å². The van der Waals surface area contributed by atoms with Gasteiger partial charge in [-0.15, -0.1) is 11.6 Å². The van der Waals surface area contributed by atoms with Crippen molar-refractivity contribution >= 4 is 23.2 Å². The highest BCUT2D eigenvalue weighted by Crippen LogP contribution is 2.36. The predicted octanol–water partition coefficient (Wildman–Crippen LogP) is 3.56. The maximum Gasteiger partial charge on any atom is 0.224 e. The fraction of sp³-hybridized carbons (Fsp3) is 0.533. The van der Waals surface area contributed by atoms with Crippen molar-refractivity contribution in [3.63, 3.8) is 0 Å². The molecule has 1 N–H and O–H groups in total. The fourth-order valence-electron chi connectivity index (χ4n) is 2.83. The summed E-state index contributed by atoms with van der Waals surface area (Å²) in [5, 5.41) is 2.22. The monoisotopic (exact) mass is 297 g/mol. The standard InChI is InChI=1S/C15H17ClFNO2/c16-15(13-3-1-2-6-20-13)10-7-9-4-5-14(19)18-12(9)8-11(10)17/h7-8,13,15H,1-6H2,(H,18,19). The number of amides is 1. The third-order valence-electron chi connectivity index (χ3n) is 3.96. The van der Waals surface area contributed by atoms with Crippen LogP contribution in [0.5, 0.6) is 0 Å². The number of fused-ring (bicyclic) bond motifs is 1. The van der Waals surface area contributed by atoms with Crippen LogP contribution < -0.4 is 5.32 Å². The molecule has 2 unspecified atom stereocenters. The second-order valence-electron chi connectivity index (χ2n) is 5.39. The molecule has 0 aromatic heterocycles. The Morgan fingerprint density at radius 2 is 2.20 bits per heavy atom. The highest BCUT2D eigenvalue weighted by atomic mass is 35.5. The maximum atomic E-state index is 14.2. The minimum atomic E-state index is -0.474. The number of anilines is 1. The van der Waals surface area contributed by atoms with Crippen LogP contribution in [0, 0.1) is 5.82 Å². The summed E-state index contributed by atoms with van der Waals surface area (Å²) in [5.74, 6) is -0.442. The molecule has 1 fully saturated rings. The van der Waals surface area contributed by atoms with E-state index in [4.69, 9.17) is 16.3 Å². The van der Waals surface area contributed by atoms with Crippen LogP contribution in [0.4, 0.5) is 10.1 Å². The van der Waals surface area contributed by atoms with Crippen LogP contribution in [0.3, 0.4) is 0 Å². The quantitative estimate of drug-likeness (QED) is 0.848. The zero-order valence-corrected chi connectivity index (χ0v) is 11.9. The third kappa shape index (κ3) is 2.67. The number of carbonyl (C=O) groups is 1. The Morgan fingerprint density at radius 3 is 2.95 bits per heavy atom. The average molecular weight is 298 g/mol. The van der Waals surface area contributed by atoms with Crippen LogP contribution in [0.1, 0.15) is 42.2 Å². The molecule has 0 saturated carbocycles. The van der Waals surface area contributed by atoms with Crippen LogP contribution in [-0.2, 0) is 16.0 Å². The largest absolute Gasteiger partial charge is 0.376 e. The number of ether oxygens (including phenoxy) is 1. The van der Waals surface area contributed by atoms with Crippen LogP contribution in [0.2, 0.25) is 0 Å². The molecule has 2 heterocycles. The van der Waals surface area contributed by atoms with Gasteiger partial charge < -0.3 is 10.1 Å². The van der Waals surface area contributed by atoms with Gasteiger partial charge in [0, 0.05) is 24.3 Å². The predicted molar refractivity (Wildman–Crippen MR) is 75.5 cm³/mol. The van der Waals surface area contributed by atoms with Crippen LogP contribution in [-0.4, -0.2) is 18.6 Å². The summed E-state index contributed by atoms with van der Waals surface area (Å²) in [6.07, 6.45) is 3.90. The molecule has 2 aliphatic heterocycles. The first-order chi connectivity index (χ1) is 9.65. The molecular formula is C15H17ClFNO2. The third-order valence-corrected chi connectivity index (χ3v) is 4.47. The van der Waals surface area contributed by atoms with E-state index >= 15 is 0 Å². The van der Waals surface area contributed by atoms with Gasteiger partial charge in [-0.2, -0.15) is 0 Å². The normalized spacial score (nSPS) is 23.9. The first-order valence-electron chi connectivity index (χ1n) is 7.03. The number of aryl methyl sites for hydroxylation is 1. The summed E-state index contributed by atoms with van der Waals surface area (Å²) < 4.78 is 19.9. The topological polar surface area (TPSA) is 38.3 Å². The number of alkyl halides is 1. The molecule has 0 bridgehead atoms. The van der Waals surface area contributed by atoms with Gasteiger partial charge in [0.1, 0.15) is 5.82 Å². The Labute approximate surface area is 122 Å². The molecule has 5 heteroatoms. The molecule has 3 nitrogen and oxygen atoms in total. The van der Waals surface area contributed by atoms with Gasteiger partial charge in [-0.25, -0.2) is 4.39 Å². The molecule has 108 valence electrons. The Hall–Kier alpha value is -1.13. The lowest BCUT2D eigenvalue weighted by Crippen LogP contribution is -2.25. The summed E-state index contributed by atoms with van der Waals surface area (Å²) >= 11 is 6.41. The van der Waals surface area contributed by atoms with Crippen molar-refractivity contribution in [1.29, 1.82) is 0 Å². The zero-order chi connectivity index (χ0) is 14.1. The van der Waals surface area contributed by atoms with E-state index in [1.165, 1.54) is 6.07 Å². The van der Waals surface area contributed by atoms with E-state index in [1.807, 2.05) is 0 Å². The molecule has 1 amide bonds. The van der Waals surface area contributed by atoms with Crippen molar-refractivity contribution in [2.24, 2.45) is 0 Å². The number of benzene rings is 1. The number of halogens is 2. The van der Waals surface area contributed by atoms with Crippen molar-refractivity contribution in [2.75, 3.05) is 11.9 Å². The van der Waals surface area contributed by atoms with Crippen LogP contribution >= 0.6 is 11.6 Å². The summed E-state index contributed by atoms with van der Waals surface area (Å²) in [7, 11) is 0. The molecule has 20 heavy (non-hydrogen) atoms. The second-order valence-corrected chi connectivity index (χ2v) is 5.86. The van der Waals surface area contributed by atoms with Crippen LogP contribution in [0.25, 0.3) is 0 Å². The van der Waals surface area contributed by atoms with E-state index < -0.39 is 5.38 Å². The molecule has 3 rings (SSSR count). The van der Waals surface area contributed by atoms with E-state index in [2.05, 4.69) is 5.32 Å². The minimum Gasteiger partial charge on any atom is -0.376 e. The lowest BCUT2D eigenvalue weighted by Gasteiger charge is -2.28. The van der Waals surface area contributed by atoms with E-state index in [0.717, 1.165) is 24.8 Å². The Kier molecular flexibility index (Phi) is 3.94. The number of nitrogens with one attached hydrogen (secondary N) is 1. The molecule has 0 spiro atoms. The van der Waals surface area contributed by atoms with E-state index in [9.17, 15) is 9.18 Å². The number of hydrogen-bond acceptors (Lipinski definition) is 2. The second kappa shape index (κ2) is 5.70. The SMILES string of the molecule is O=C1CCc2cc(C(Cl)C3CCCCO3)c(F)cc2N1. The van der Waals surface area contributed by atoms with Crippen molar-refractivity contribution in [1.82, 2.24) is 0 Å². The summed E-state index contributed by atoms with van der Waals surface area (Å²) in [4.78, 5) is 11.3. The summed E-state index contributed by atoms with van der Waals surface area (Å²) in [6, 6.07) is 3.15. The van der Waals surface area contributed by atoms with Gasteiger partial charge in [0.05, 0.1) is 11.5 Å². The number of carbonyl (C=O) groups excluding carboxylic acids is 1. The molecule has 2 aliphatic rings. The van der Waals surface area contributed by atoms with Gasteiger partial charge in [-0.05, 0) is 43.4 Å². The number of hydrogen-bond donors (Lipinski definition) is 1. The van der Waals surface area contributed by atoms with Crippen molar-refractivity contribution < 1.29 is 13.9 Å². The van der Waals surface area contributed by atoms with Gasteiger partial charge >= 0.3 is 0 Å². The molecule has 1 aromatic carbocycles. The van der Waals surface area contributed by atoms with Crippen molar-refractivity contribution in [3.8, 4) is 0 Å². The van der Waals surface area contributed by atoms with Gasteiger partial charge in [0.2, 0.25) is 5.91 Å². The first kappa shape index (κ1) is 13.8. The van der Waals surface area contributed by atoms with Crippen LogP contribution in [0.15, 0.2) is 12.1 Å². The smallest absolute Gasteiger partial charge is 0.224 e. The molecule has 1 saturated heterocycles. The lowest BCUT2D eigenvalue weighted by atomic mass is 9.95. The van der Waals surface area contributed by atoms with Gasteiger partial charge in [0.15, 0.2) is 0 Å². The van der Waals surface area contributed by atoms with E-state index in [0.29, 0.717) is 30.7 Å². The Morgan fingerprint density at radius 1 is 1.35 bits per heavy atom. The minimum absolute atomic E-state index is 0.0670. The zero-order valence-electron chi connectivity index (χ0n) is 11.1. The molecule has 2 atom stereocenters. The lowest BCUT2D eigenvalue weighted by molar-refractivity contribution is -0.116. The van der Waals surface area contributed by atoms with Gasteiger partial charge in [-0.1, -0.05) is 0 Å². The number of rotatable bonds is 2. The molecular weight excluding hydrogens is 281 g/mol. The highest BCUT2D eigenvalue weighted by molar-refractivity contribution is 6.21. The van der Waals surface area contributed by atoms with E-state index in [1.54, 1.807) is 6.07 Å². The average Bonchev–Trinajstić information content (AvgIpc) is 2.46. The Bertz CT molecular complexity index is 529. The summed E-state index contributed by atoms with van der Waals surface area (Å²) in [6.45, 7) is 0.691. The van der Waals surface area contributed by atoms with Crippen molar-refractivity contribution in [3.05, 3.63) is 29.1 Å². The molecule has 0 radical (unpaired) electrons.